The molecule has 0 N–H and O–H groups in total. The summed E-state index contributed by atoms with van der Waals surface area (Å²) in [5.41, 5.74) is 0.959. The minimum atomic E-state index is -1.13. The van der Waals surface area contributed by atoms with Crippen LogP contribution < -0.4 is 5.43 Å². The van der Waals surface area contributed by atoms with Crippen LogP contribution in [0.1, 0.15) is 47.1 Å². The minimum absolute atomic E-state index is 0.278. The molecular formula is C25H25N3O4. The van der Waals surface area contributed by atoms with Crippen molar-refractivity contribution in [3.05, 3.63) is 93.9 Å². The van der Waals surface area contributed by atoms with Crippen LogP contribution in [0.4, 0.5) is 0 Å². The summed E-state index contributed by atoms with van der Waals surface area (Å²) in [6, 6.07) is 19.4. The Balaban J connectivity index is 1.66. The molecule has 1 atom stereocenters. The highest BCUT2D eigenvalue weighted by Gasteiger charge is 2.32. The zero-order chi connectivity index (χ0) is 22.5. The second-order valence-corrected chi connectivity index (χ2v) is 7.83. The van der Waals surface area contributed by atoms with E-state index < -0.39 is 17.5 Å². The first-order chi connectivity index (χ1) is 15.5. The van der Waals surface area contributed by atoms with Gasteiger partial charge in [0.1, 0.15) is 0 Å². The van der Waals surface area contributed by atoms with E-state index in [1.54, 1.807) is 36.1 Å². The van der Waals surface area contributed by atoms with Crippen molar-refractivity contribution >= 4 is 11.9 Å². The van der Waals surface area contributed by atoms with E-state index in [9.17, 15) is 14.4 Å². The standard InChI is InChI=1S/C25H25N3O4/c1-18-17-21(29)22(26-28(18)20-13-7-3-8-14-20)25(31)32-23(19-11-5-2-6-12-19)24(30)27-15-9-4-10-16-27/h2-3,5-8,11-14,17,23H,4,9-10,15-16H2,1H3. The molecule has 7 nitrogen and oxygen atoms in total. The normalized spacial score (nSPS) is 14.6. The average Bonchev–Trinajstić information content (AvgIpc) is 2.83. The van der Waals surface area contributed by atoms with Gasteiger partial charge in [-0.1, -0.05) is 48.5 Å². The predicted molar refractivity (Wildman–Crippen MR) is 120 cm³/mol. The minimum Gasteiger partial charge on any atom is -0.442 e. The van der Waals surface area contributed by atoms with Gasteiger partial charge in [-0.05, 0) is 38.3 Å². The molecule has 0 radical (unpaired) electrons. The number of nitrogens with zero attached hydrogens (tertiary/aromatic N) is 3. The van der Waals surface area contributed by atoms with Crippen LogP contribution in [-0.4, -0.2) is 39.6 Å². The molecule has 0 saturated carbocycles. The highest BCUT2D eigenvalue weighted by molar-refractivity contribution is 5.91. The van der Waals surface area contributed by atoms with Crippen molar-refractivity contribution in [1.82, 2.24) is 14.7 Å². The predicted octanol–water partition coefficient (Wildman–Crippen LogP) is 3.45. The number of para-hydroxylation sites is 1. The molecule has 7 heteroatoms. The molecule has 164 valence electrons. The van der Waals surface area contributed by atoms with Crippen molar-refractivity contribution < 1.29 is 14.3 Å². The highest BCUT2D eigenvalue weighted by Crippen LogP contribution is 2.23. The molecule has 2 heterocycles. The monoisotopic (exact) mass is 431 g/mol. The number of ether oxygens (including phenoxy) is 1. The average molecular weight is 431 g/mol. The Morgan fingerprint density at radius 2 is 1.56 bits per heavy atom. The fourth-order valence-electron chi connectivity index (χ4n) is 3.85. The van der Waals surface area contributed by atoms with Crippen LogP contribution in [0.15, 0.2) is 71.5 Å². The van der Waals surface area contributed by atoms with E-state index in [1.165, 1.54) is 10.7 Å². The van der Waals surface area contributed by atoms with Crippen molar-refractivity contribution in [2.24, 2.45) is 0 Å². The maximum Gasteiger partial charge on any atom is 0.364 e. The quantitative estimate of drug-likeness (QED) is 0.578. The van der Waals surface area contributed by atoms with Crippen LogP contribution in [0.5, 0.6) is 0 Å². The number of esters is 1. The molecule has 4 rings (SSSR count). The smallest absolute Gasteiger partial charge is 0.364 e. The molecular weight excluding hydrogens is 406 g/mol. The molecule has 0 spiro atoms. The molecule has 1 unspecified atom stereocenters. The van der Waals surface area contributed by atoms with E-state index in [4.69, 9.17) is 4.74 Å². The maximum absolute atomic E-state index is 13.2. The number of likely N-dealkylation sites (tertiary alicyclic amines) is 1. The summed E-state index contributed by atoms with van der Waals surface area (Å²) in [4.78, 5) is 40.6. The van der Waals surface area contributed by atoms with Crippen molar-refractivity contribution in [3.8, 4) is 5.69 Å². The zero-order valence-electron chi connectivity index (χ0n) is 17.9. The molecule has 1 aromatic heterocycles. The van der Waals surface area contributed by atoms with Crippen LogP contribution >= 0.6 is 0 Å². The Morgan fingerprint density at radius 3 is 2.22 bits per heavy atom. The largest absolute Gasteiger partial charge is 0.442 e. The van der Waals surface area contributed by atoms with Gasteiger partial charge in [-0.2, -0.15) is 5.10 Å². The van der Waals surface area contributed by atoms with Crippen molar-refractivity contribution in [2.75, 3.05) is 13.1 Å². The van der Waals surface area contributed by atoms with Gasteiger partial charge < -0.3 is 9.64 Å². The lowest BCUT2D eigenvalue weighted by Crippen LogP contribution is -2.40. The lowest BCUT2D eigenvalue weighted by molar-refractivity contribution is -0.142. The number of carbonyl (C=O) groups is 2. The van der Waals surface area contributed by atoms with Crippen molar-refractivity contribution in [1.29, 1.82) is 0 Å². The molecule has 32 heavy (non-hydrogen) atoms. The Hall–Kier alpha value is -3.74. The van der Waals surface area contributed by atoms with Gasteiger partial charge in [0.25, 0.3) is 5.91 Å². The summed E-state index contributed by atoms with van der Waals surface area (Å²) in [7, 11) is 0. The lowest BCUT2D eigenvalue weighted by atomic mass is 10.1. The van der Waals surface area contributed by atoms with Gasteiger partial charge in [0.2, 0.25) is 17.2 Å². The van der Waals surface area contributed by atoms with E-state index in [2.05, 4.69) is 5.10 Å². The molecule has 1 aliphatic heterocycles. The summed E-state index contributed by atoms with van der Waals surface area (Å²) < 4.78 is 7.16. The summed E-state index contributed by atoms with van der Waals surface area (Å²) in [5, 5.41) is 4.27. The second kappa shape index (κ2) is 9.60. The summed E-state index contributed by atoms with van der Waals surface area (Å²) in [6.45, 7) is 3.00. The number of aryl methyl sites for hydroxylation is 1. The molecule has 1 fully saturated rings. The first-order valence-electron chi connectivity index (χ1n) is 10.8. The van der Waals surface area contributed by atoms with Gasteiger partial charge in [0, 0.05) is 30.4 Å². The van der Waals surface area contributed by atoms with Crippen LogP contribution in [0.25, 0.3) is 5.69 Å². The number of rotatable bonds is 5. The first-order valence-corrected chi connectivity index (χ1v) is 10.8. The first kappa shape index (κ1) is 21.5. The molecule has 1 saturated heterocycles. The third kappa shape index (κ3) is 4.61. The van der Waals surface area contributed by atoms with E-state index in [0.717, 1.165) is 19.3 Å². The maximum atomic E-state index is 13.2. The Kier molecular flexibility index (Phi) is 6.44. The van der Waals surface area contributed by atoms with E-state index in [1.807, 2.05) is 36.4 Å². The van der Waals surface area contributed by atoms with Gasteiger partial charge in [-0.3, -0.25) is 9.59 Å². The summed E-state index contributed by atoms with van der Waals surface area (Å²) in [6.07, 6.45) is 1.78. The topological polar surface area (TPSA) is 81.5 Å². The highest BCUT2D eigenvalue weighted by atomic mass is 16.5. The second-order valence-electron chi connectivity index (χ2n) is 7.83. The summed E-state index contributed by atoms with van der Waals surface area (Å²) in [5.74, 6) is -1.20. The molecule has 0 bridgehead atoms. The van der Waals surface area contributed by atoms with Crippen molar-refractivity contribution in [3.63, 3.8) is 0 Å². The van der Waals surface area contributed by atoms with Crippen molar-refractivity contribution in [2.45, 2.75) is 32.3 Å². The molecule has 1 amide bonds. The lowest BCUT2D eigenvalue weighted by Gasteiger charge is -2.30. The fourth-order valence-corrected chi connectivity index (χ4v) is 3.85. The number of amides is 1. The number of hydrogen-bond acceptors (Lipinski definition) is 5. The number of carbonyl (C=O) groups excluding carboxylic acids is 2. The van der Waals surface area contributed by atoms with Crippen LogP contribution in [0, 0.1) is 6.92 Å². The molecule has 2 aromatic carbocycles. The summed E-state index contributed by atoms with van der Waals surface area (Å²) >= 11 is 0. The van der Waals surface area contributed by atoms with E-state index >= 15 is 0 Å². The van der Waals surface area contributed by atoms with E-state index in [0.29, 0.717) is 30.0 Å². The molecule has 0 aliphatic carbocycles. The van der Waals surface area contributed by atoms with Gasteiger partial charge in [-0.15, -0.1) is 0 Å². The number of benzene rings is 2. The zero-order valence-corrected chi connectivity index (χ0v) is 17.9. The molecule has 1 aliphatic rings. The van der Waals surface area contributed by atoms with Crippen LogP contribution in [-0.2, 0) is 9.53 Å². The third-order valence-corrected chi connectivity index (χ3v) is 5.52. The SMILES string of the molecule is Cc1cc(=O)c(C(=O)OC(C(=O)N2CCCCC2)c2ccccc2)nn1-c1ccccc1. The Morgan fingerprint density at radius 1 is 0.938 bits per heavy atom. The van der Waals surface area contributed by atoms with Gasteiger partial charge >= 0.3 is 5.97 Å². The van der Waals surface area contributed by atoms with Gasteiger partial charge in [0.15, 0.2) is 0 Å². The van der Waals surface area contributed by atoms with E-state index in [-0.39, 0.29) is 11.6 Å². The van der Waals surface area contributed by atoms with Gasteiger partial charge in [-0.25, -0.2) is 9.48 Å². The number of piperidine rings is 1. The fraction of sp³-hybridized carbons (Fsp3) is 0.280. The van der Waals surface area contributed by atoms with Crippen LogP contribution in [0.3, 0.4) is 0 Å². The third-order valence-electron chi connectivity index (χ3n) is 5.52. The Labute approximate surface area is 186 Å². The Bertz CT molecular complexity index is 1150. The number of hydrogen-bond donors (Lipinski definition) is 0. The molecule has 3 aromatic rings. The van der Waals surface area contributed by atoms with Gasteiger partial charge in [0.05, 0.1) is 5.69 Å². The number of aromatic nitrogens is 2. The van der Waals surface area contributed by atoms with Crippen LogP contribution in [0.2, 0.25) is 0 Å².